The zero-order chi connectivity index (χ0) is 28.2. The van der Waals surface area contributed by atoms with Gasteiger partial charge in [0.05, 0.1) is 42.9 Å². The second-order valence-electron chi connectivity index (χ2n) is 8.52. The molecule has 4 rings (SSSR count). The van der Waals surface area contributed by atoms with Crippen molar-refractivity contribution in [1.29, 1.82) is 0 Å². The number of nitrogens with one attached hydrogen (secondary N) is 1. The predicted octanol–water partition coefficient (Wildman–Crippen LogP) is 3.38. The molecule has 3 aromatic rings. The molecular weight excluding hydrogens is 528 g/mol. The molecule has 206 valence electrons. The smallest absolute Gasteiger partial charge is 0.286 e. The van der Waals surface area contributed by atoms with Crippen molar-refractivity contribution in [2.45, 2.75) is 4.90 Å². The molecule has 0 bridgehead atoms. The minimum Gasteiger partial charge on any atom is -0.495 e. The van der Waals surface area contributed by atoms with Gasteiger partial charge in [-0.3, -0.25) is 14.9 Å². The fourth-order valence-electron chi connectivity index (χ4n) is 4.32. The van der Waals surface area contributed by atoms with Gasteiger partial charge in [0.2, 0.25) is 10.0 Å². The van der Waals surface area contributed by atoms with Gasteiger partial charge in [-0.1, -0.05) is 12.1 Å². The first-order valence-electron chi connectivity index (χ1n) is 11.9. The number of benzene rings is 3. The van der Waals surface area contributed by atoms with Gasteiger partial charge in [-0.2, -0.15) is 4.31 Å². The number of methoxy groups -OCH3 is 3. The number of nitro groups is 1. The van der Waals surface area contributed by atoms with E-state index in [0.29, 0.717) is 26.2 Å². The van der Waals surface area contributed by atoms with Crippen molar-refractivity contribution in [3.05, 3.63) is 76.3 Å². The molecule has 0 unspecified atom stereocenters. The van der Waals surface area contributed by atoms with Crippen molar-refractivity contribution in [2.75, 3.05) is 57.7 Å². The van der Waals surface area contributed by atoms with Crippen LogP contribution in [-0.4, -0.2) is 71.1 Å². The molecule has 1 N–H and O–H groups in total. The topological polar surface area (TPSA) is 141 Å². The zero-order valence-corrected chi connectivity index (χ0v) is 22.4. The van der Waals surface area contributed by atoms with Gasteiger partial charge in [-0.15, -0.1) is 0 Å². The monoisotopic (exact) mass is 556 g/mol. The van der Waals surface area contributed by atoms with Gasteiger partial charge in [-0.05, 0) is 36.4 Å². The Labute approximate surface area is 225 Å². The number of rotatable bonds is 9. The van der Waals surface area contributed by atoms with Crippen molar-refractivity contribution >= 4 is 33.0 Å². The molecule has 3 aromatic carbocycles. The molecule has 1 saturated heterocycles. The Bertz CT molecular complexity index is 1470. The molecule has 0 radical (unpaired) electrons. The first-order chi connectivity index (χ1) is 18.7. The third-order valence-electron chi connectivity index (χ3n) is 6.36. The van der Waals surface area contributed by atoms with Gasteiger partial charge in [0.1, 0.15) is 11.3 Å². The van der Waals surface area contributed by atoms with E-state index < -0.39 is 26.5 Å². The summed E-state index contributed by atoms with van der Waals surface area (Å²) in [6.07, 6.45) is 0. The number of hydrogen-bond donors (Lipinski definition) is 1. The Hall–Kier alpha value is -4.36. The Morgan fingerprint density at radius 2 is 1.46 bits per heavy atom. The second kappa shape index (κ2) is 11.6. The van der Waals surface area contributed by atoms with E-state index in [1.165, 1.54) is 48.9 Å². The van der Waals surface area contributed by atoms with Gasteiger partial charge < -0.3 is 24.4 Å². The van der Waals surface area contributed by atoms with Crippen LogP contribution in [-0.2, 0) is 10.0 Å². The van der Waals surface area contributed by atoms with Crippen LogP contribution in [0.1, 0.15) is 10.4 Å². The molecule has 0 spiro atoms. The lowest BCUT2D eigenvalue weighted by Gasteiger charge is -2.35. The fourth-order valence-corrected chi connectivity index (χ4v) is 5.74. The summed E-state index contributed by atoms with van der Waals surface area (Å²) in [7, 11) is 0.506. The number of carbonyl (C=O) groups is 1. The standard InChI is InChI=1S/C26H28N4O8S/c1-36-23-7-5-4-6-21(23)28-12-14-29(15-13-28)39(34,35)19-10-8-18(9-11-19)27-26(31)20-16-24(37-2)25(38-3)17-22(20)30(32)33/h4-11,16-17H,12-15H2,1-3H3,(H,27,31). The summed E-state index contributed by atoms with van der Waals surface area (Å²) in [5.41, 5.74) is 0.481. The normalized spacial score (nSPS) is 14.0. The highest BCUT2D eigenvalue weighted by atomic mass is 32.2. The van der Waals surface area contributed by atoms with Gasteiger partial charge in [-0.25, -0.2) is 8.42 Å². The van der Waals surface area contributed by atoms with Crippen molar-refractivity contribution in [3.63, 3.8) is 0 Å². The molecule has 0 aromatic heterocycles. The van der Waals surface area contributed by atoms with E-state index in [2.05, 4.69) is 10.2 Å². The number of sulfonamides is 1. The minimum atomic E-state index is -3.77. The van der Waals surface area contributed by atoms with Crippen LogP contribution < -0.4 is 24.4 Å². The molecule has 0 saturated carbocycles. The number of amides is 1. The fraction of sp³-hybridized carbons (Fsp3) is 0.269. The van der Waals surface area contributed by atoms with Gasteiger partial charge in [0.25, 0.3) is 11.6 Å². The van der Waals surface area contributed by atoms with E-state index in [4.69, 9.17) is 14.2 Å². The largest absolute Gasteiger partial charge is 0.495 e. The summed E-state index contributed by atoms with van der Waals surface area (Å²) in [6, 6.07) is 15.6. The molecule has 12 nitrogen and oxygen atoms in total. The van der Waals surface area contributed by atoms with Crippen LogP contribution in [0.15, 0.2) is 65.6 Å². The minimum absolute atomic E-state index is 0.0725. The van der Waals surface area contributed by atoms with Gasteiger partial charge in [0.15, 0.2) is 11.5 Å². The zero-order valence-electron chi connectivity index (χ0n) is 21.6. The SMILES string of the molecule is COc1cc(C(=O)Nc2ccc(S(=O)(=O)N3CCN(c4ccccc4OC)CC3)cc2)c([N+](=O)[O-])cc1OC. The van der Waals surface area contributed by atoms with E-state index >= 15 is 0 Å². The number of ether oxygens (including phenoxy) is 3. The third kappa shape index (κ3) is 5.73. The number of para-hydroxylation sites is 2. The van der Waals surface area contributed by atoms with E-state index in [9.17, 15) is 23.3 Å². The number of nitro benzene ring substituents is 1. The van der Waals surface area contributed by atoms with E-state index in [1.54, 1.807) is 7.11 Å². The number of carbonyl (C=O) groups excluding carboxylic acids is 1. The average molecular weight is 557 g/mol. The van der Waals surface area contributed by atoms with Crippen molar-refractivity contribution in [3.8, 4) is 17.2 Å². The summed E-state index contributed by atoms with van der Waals surface area (Å²) in [5, 5.41) is 14.1. The Kier molecular flexibility index (Phi) is 8.21. The van der Waals surface area contributed by atoms with Crippen molar-refractivity contribution in [2.24, 2.45) is 0 Å². The number of piperazine rings is 1. The first kappa shape index (κ1) is 27.7. The highest BCUT2D eigenvalue weighted by molar-refractivity contribution is 7.89. The quantitative estimate of drug-likeness (QED) is 0.310. The lowest BCUT2D eigenvalue weighted by atomic mass is 10.1. The molecular formula is C26H28N4O8S. The molecule has 1 aliphatic heterocycles. The first-order valence-corrected chi connectivity index (χ1v) is 13.3. The maximum absolute atomic E-state index is 13.3. The van der Waals surface area contributed by atoms with Crippen LogP contribution in [0, 0.1) is 10.1 Å². The van der Waals surface area contributed by atoms with Crippen LogP contribution in [0.3, 0.4) is 0 Å². The number of nitrogens with zero attached hydrogens (tertiary/aromatic N) is 3. The maximum Gasteiger partial charge on any atom is 0.286 e. The lowest BCUT2D eigenvalue weighted by molar-refractivity contribution is -0.385. The van der Waals surface area contributed by atoms with Gasteiger partial charge in [0, 0.05) is 37.9 Å². The molecule has 0 aliphatic carbocycles. The van der Waals surface area contributed by atoms with Crippen molar-refractivity contribution in [1.82, 2.24) is 4.31 Å². The van der Waals surface area contributed by atoms with E-state index in [-0.39, 0.29) is 27.6 Å². The highest BCUT2D eigenvalue weighted by Crippen LogP contribution is 2.35. The molecule has 1 amide bonds. The molecule has 1 aliphatic rings. The molecule has 1 fully saturated rings. The summed E-state index contributed by atoms with van der Waals surface area (Å²) in [6.45, 7) is 1.58. The second-order valence-corrected chi connectivity index (χ2v) is 10.5. The van der Waals surface area contributed by atoms with Crippen LogP contribution >= 0.6 is 0 Å². The summed E-state index contributed by atoms with van der Waals surface area (Å²) >= 11 is 0. The molecule has 1 heterocycles. The molecule has 13 heteroatoms. The Morgan fingerprint density at radius 3 is 2.05 bits per heavy atom. The van der Waals surface area contributed by atoms with Crippen LogP contribution in [0.2, 0.25) is 0 Å². The average Bonchev–Trinajstić information content (AvgIpc) is 2.96. The predicted molar refractivity (Wildman–Crippen MR) is 145 cm³/mol. The van der Waals surface area contributed by atoms with Crippen LogP contribution in [0.25, 0.3) is 0 Å². The van der Waals surface area contributed by atoms with Gasteiger partial charge >= 0.3 is 0 Å². The van der Waals surface area contributed by atoms with Crippen LogP contribution in [0.5, 0.6) is 17.2 Å². The summed E-state index contributed by atoms with van der Waals surface area (Å²) in [5.74, 6) is 0.232. The number of hydrogen-bond acceptors (Lipinski definition) is 9. The van der Waals surface area contributed by atoms with Crippen molar-refractivity contribution < 1.29 is 32.3 Å². The van der Waals surface area contributed by atoms with Crippen LogP contribution in [0.4, 0.5) is 17.1 Å². The molecule has 0 atom stereocenters. The lowest BCUT2D eigenvalue weighted by Crippen LogP contribution is -2.48. The molecule has 39 heavy (non-hydrogen) atoms. The summed E-state index contributed by atoms with van der Waals surface area (Å²) < 4.78 is 43.6. The van der Waals surface area contributed by atoms with E-state index in [1.807, 2.05) is 24.3 Å². The Morgan fingerprint density at radius 1 is 0.872 bits per heavy atom. The highest BCUT2D eigenvalue weighted by Gasteiger charge is 2.30. The number of anilines is 2. The maximum atomic E-state index is 13.3. The third-order valence-corrected chi connectivity index (χ3v) is 8.27. The van der Waals surface area contributed by atoms with E-state index in [0.717, 1.165) is 17.5 Å². The summed E-state index contributed by atoms with van der Waals surface area (Å²) in [4.78, 5) is 25.9. The Balaban J connectivity index is 1.46.